The van der Waals surface area contributed by atoms with Gasteiger partial charge >= 0.3 is 0 Å². The summed E-state index contributed by atoms with van der Waals surface area (Å²) < 4.78 is 17.0. The Kier molecular flexibility index (Phi) is 5.61. The number of aromatic hydroxyl groups is 2. The van der Waals surface area contributed by atoms with Crippen LogP contribution in [0.25, 0.3) is 11.1 Å². The van der Waals surface area contributed by atoms with Crippen LogP contribution in [-0.4, -0.2) is 10.2 Å². The van der Waals surface area contributed by atoms with E-state index in [1.807, 2.05) is 45.0 Å². The van der Waals surface area contributed by atoms with Crippen LogP contribution in [-0.2, 0) is 0 Å². The van der Waals surface area contributed by atoms with Crippen molar-refractivity contribution in [3.63, 3.8) is 0 Å². The van der Waals surface area contributed by atoms with Gasteiger partial charge in [0.2, 0.25) is 0 Å². The normalized spacial score (nSPS) is 11.0. The molecule has 3 aromatic carbocycles. The van der Waals surface area contributed by atoms with Crippen molar-refractivity contribution in [1.29, 1.82) is 0 Å². The summed E-state index contributed by atoms with van der Waals surface area (Å²) in [7, 11) is 0. The lowest BCUT2D eigenvalue weighted by molar-refractivity contribution is 0.445. The molecule has 3 aromatic rings. The summed E-state index contributed by atoms with van der Waals surface area (Å²) in [5.74, 6) is -0.278. The average Bonchev–Trinajstić information content (AvgIpc) is 2.62. The number of anilines is 1. The van der Waals surface area contributed by atoms with Crippen molar-refractivity contribution in [2.75, 3.05) is 4.72 Å². The minimum atomic E-state index is -0.367. The van der Waals surface area contributed by atoms with E-state index in [1.54, 1.807) is 12.1 Å². The van der Waals surface area contributed by atoms with Gasteiger partial charge in [0.1, 0.15) is 17.3 Å². The highest BCUT2D eigenvalue weighted by Gasteiger charge is 2.16. The maximum Gasteiger partial charge on any atom is 0.127 e. The van der Waals surface area contributed by atoms with Gasteiger partial charge in [0, 0.05) is 22.1 Å². The summed E-state index contributed by atoms with van der Waals surface area (Å²) in [6.07, 6.45) is 0. The third-order valence-corrected chi connectivity index (χ3v) is 5.17. The fourth-order valence-corrected chi connectivity index (χ4v) is 3.50. The Bertz CT molecular complexity index is 955. The van der Waals surface area contributed by atoms with Crippen molar-refractivity contribution < 1.29 is 14.6 Å². The molecule has 0 fully saturated rings. The van der Waals surface area contributed by atoms with Gasteiger partial charge in [0.05, 0.1) is 5.69 Å². The summed E-state index contributed by atoms with van der Waals surface area (Å²) in [6, 6.07) is 15.5. The second-order valence-electron chi connectivity index (χ2n) is 6.79. The smallest absolute Gasteiger partial charge is 0.127 e. The first-order valence-electron chi connectivity index (χ1n) is 8.70. The molecular formula is C22H22FNO2S. The second-order valence-corrected chi connectivity index (χ2v) is 7.67. The average molecular weight is 383 g/mol. The van der Waals surface area contributed by atoms with Crippen molar-refractivity contribution in [2.24, 2.45) is 0 Å². The van der Waals surface area contributed by atoms with Gasteiger partial charge in [0.15, 0.2) is 0 Å². The number of nitrogens with one attached hydrogen (secondary N) is 1. The number of halogens is 1. The van der Waals surface area contributed by atoms with Crippen molar-refractivity contribution in [2.45, 2.75) is 31.6 Å². The molecule has 0 radical (unpaired) electrons. The van der Waals surface area contributed by atoms with Crippen molar-refractivity contribution >= 4 is 17.6 Å². The summed E-state index contributed by atoms with van der Waals surface area (Å²) in [6.45, 7) is 5.95. The Morgan fingerprint density at radius 2 is 1.59 bits per heavy atom. The van der Waals surface area contributed by atoms with Gasteiger partial charge in [-0.15, -0.1) is 0 Å². The maximum atomic E-state index is 13.9. The number of rotatable bonds is 5. The predicted molar refractivity (Wildman–Crippen MR) is 110 cm³/mol. The van der Waals surface area contributed by atoms with Gasteiger partial charge in [-0.25, -0.2) is 4.39 Å². The number of aryl methyl sites for hydroxylation is 1. The van der Waals surface area contributed by atoms with E-state index in [9.17, 15) is 14.6 Å². The molecule has 0 aliphatic carbocycles. The zero-order valence-corrected chi connectivity index (χ0v) is 16.3. The molecule has 0 unspecified atom stereocenters. The molecule has 0 bridgehead atoms. The minimum absolute atomic E-state index is 0.0492. The molecule has 0 saturated carbocycles. The van der Waals surface area contributed by atoms with Crippen LogP contribution in [0.5, 0.6) is 11.5 Å². The fourth-order valence-electron chi connectivity index (χ4n) is 2.83. The summed E-state index contributed by atoms with van der Waals surface area (Å²) in [5.41, 5.74) is 3.65. The Morgan fingerprint density at radius 1 is 0.889 bits per heavy atom. The quantitative estimate of drug-likeness (QED) is 0.443. The first-order valence-corrected chi connectivity index (χ1v) is 9.52. The topological polar surface area (TPSA) is 52.5 Å². The van der Waals surface area contributed by atoms with Gasteiger partial charge < -0.3 is 14.9 Å². The molecule has 0 amide bonds. The van der Waals surface area contributed by atoms with E-state index in [1.165, 1.54) is 35.7 Å². The highest BCUT2D eigenvalue weighted by molar-refractivity contribution is 8.00. The Morgan fingerprint density at radius 3 is 2.26 bits per heavy atom. The summed E-state index contributed by atoms with van der Waals surface area (Å²) in [5, 5.41) is 20.5. The molecule has 140 valence electrons. The molecule has 3 nitrogen and oxygen atoms in total. The van der Waals surface area contributed by atoms with Gasteiger partial charge in [-0.3, -0.25) is 0 Å². The molecule has 5 heteroatoms. The van der Waals surface area contributed by atoms with Crippen LogP contribution in [0.15, 0.2) is 59.5 Å². The van der Waals surface area contributed by atoms with Crippen molar-refractivity contribution in [1.82, 2.24) is 0 Å². The first kappa shape index (κ1) is 19.1. The number of hydrogen-bond donors (Lipinski definition) is 3. The van der Waals surface area contributed by atoms with Gasteiger partial charge in [0.25, 0.3) is 0 Å². The summed E-state index contributed by atoms with van der Waals surface area (Å²) in [4.78, 5) is 0.994. The standard InChI is InChI=1S/C22H22FNO2S/c1-13(2)18-11-19(22(26)12-21(18)25)17-9-6-15(23)10-20(17)24-27-16-7-4-14(3)5-8-16/h4-13,24-26H,1-3H3. The highest BCUT2D eigenvalue weighted by atomic mass is 32.2. The zero-order chi connectivity index (χ0) is 19.6. The third-order valence-electron chi connectivity index (χ3n) is 4.34. The lowest BCUT2D eigenvalue weighted by Crippen LogP contribution is -1.95. The van der Waals surface area contributed by atoms with E-state index < -0.39 is 0 Å². The zero-order valence-electron chi connectivity index (χ0n) is 15.5. The van der Waals surface area contributed by atoms with E-state index in [4.69, 9.17) is 0 Å². The molecule has 0 heterocycles. The van der Waals surface area contributed by atoms with E-state index in [0.29, 0.717) is 16.8 Å². The molecule has 3 rings (SSSR count). The van der Waals surface area contributed by atoms with Crippen LogP contribution in [0.4, 0.5) is 10.1 Å². The maximum absolute atomic E-state index is 13.9. The molecule has 3 N–H and O–H groups in total. The van der Waals surface area contributed by atoms with Crippen molar-refractivity contribution in [3.05, 3.63) is 71.5 Å². The first-order chi connectivity index (χ1) is 12.8. The lowest BCUT2D eigenvalue weighted by Gasteiger charge is -2.16. The minimum Gasteiger partial charge on any atom is -0.508 e. The number of benzene rings is 3. The van der Waals surface area contributed by atoms with E-state index in [-0.39, 0.29) is 23.2 Å². The molecule has 0 aromatic heterocycles. The Hall–Kier alpha value is -2.66. The van der Waals surface area contributed by atoms with Crippen molar-refractivity contribution in [3.8, 4) is 22.6 Å². The van der Waals surface area contributed by atoms with Crippen LogP contribution in [0, 0.1) is 12.7 Å². The molecule has 0 atom stereocenters. The van der Waals surface area contributed by atoms with E-state index >= 15 is 0 Å². The number of phenols is 2. The van der Waals surface area contributed by atoms with Gasteiger partial charge in [-0.05, 0) is 66.8 Å². The third kappa shape index (κ3) is 4.37. The molecule has 0 aliphatic heterocycles. The second kappa shape index (κ2) is 7.92. The van der Waals surface area contributed by atoms with Crippen LogP contribution in [0.1, 0.15) is 30.9 Å². The van der Waals surface area contributed by atoms with Gasteiger partial charge in [-0.2, -0.15) is 0 Å². The SMILES string of the molecule is Cc1ccc(SNc2cc(F)ccc2-c2cc(C(C)C)c(O)cc2O)cc1. The number of hydrogen-bond acceptors (Lipinski definition) is 4. The number of phenolic OH excluding ortho intramolecular Hbond substituents is 2. The largest absolute Gasteiger partial charge is 0.508 e. The van der Waals surface area contributed by atoms with Gasteiger partial charge in [-0.1, -0.05) is 31.5 Å². The molecular weight excluding hydrogens is 361 g/mol. The lowest BCUT2D eigenvalue weighted by atomic mass is 9.95. The van der Waals surface area contributed by atoms with Crippen LogP contribution < -0.4 is 4.72 Å². The van der Waals surface area contributed by atoms with Crippen LogP contribution in [0.2, 0.25) is 0 Å². The van der Waals surface area contributed by atoms with Crippen LogP contribution >= 0.6 is 11.9 Å². The monoisotopic (exact) mass is 383 g/mol. The van der Waals surface area contributed by atoms with E-state index in [0.717, 1.165) is 10.5 Å². The predicted octanol–water partition coefficient (Wildman–Crippen LogP) is 6.45. The molecule has 27 heavy (non-hydrogen) atoms. The Balaban J connectivity index is 1.99. The molecule has 0 saturated heterocycles. The highest BCUT2D eigenvalue weighted by Crippen LogP contribution is 2.41. The molecule has 0 spiro atoms. The van der Waals surface area contributed by atoms with E-state index in [2.05, 4.69) is 4.72 Å². The summed E-state index contributed by atoms with van der Waals surface area (Å²) >= 11 is 1.37. The van der Waals surface area contributed by atoms with Crippen LogP contribution in [0.3, 0.4) is 0 Å². The molecule has 0 aliphatic rings. The Labute approximate surface area is 163 Å². The fraction of sp³-hybridized carbons (Fsp3) is 0.182.